The first-order chi connectivity index (χ1) is 9.17. The van der Waals surface area contributed by atoms with Crippen LogP contribution < -0.4 is 0 Å². The lowest BCUT2D eigenvalue weighted by Crippen LogP contribution is -2.46. The number of carbonyl (C=O) groups excluding carboxylic acids is 1. The van der Waals surface area contributed by atoms with E-state index in [4.69, 9.17) is 4.74 Å². The second kappa shape index (κ2) is 6.50. The summed E-state index contributed by atoms with van der Waals surface area (Å²) in [5, 5.41) is 11.4. The minimum Gasteiger partial charge on any atom is -0.465 e. The van der Waals surface area contributed by atoms with Crippen LogP contribution in [0, 0.1) is 0 Å². The minimum atomic E-state index is -0.268. The number of nitrogens with zero attached hydrogens (tertiary/aromatic N) is 1. The molecular weight excluding hydrogens is 262 g/mol. The number of carbonyl (C=O) groups is 1. The standard InChI is InChI=1S/C14H21NO3S/c1-10-4-3-5-12(9-16)15(10)8-11-6-7-19-13(11)14(17)18-2/h6-7,10,12,16H,3-5,8-9H2,1-2H3. The Bertz CT molecular complexity index is 432. The first-order valence-corrected chi connectivity index (χ1v) is 7.56. The van der Waals surface area contributed by atoms with Crippen molar-refractivity contribution in [2.24, 2.45) is 0 Å². The number of hydrogen-bond acceptors (Lipinski definition) is 5. The summed E-state index contributed by atoms with van der Waals surface area (Å²) in [6, 6.07) is 2.62. The molecule has 1 aromatic rings. The Hall–Kier alpha value is -0.910. The molecule has 0 aliphatic carbocycles. The average Bonchev–Trinajstić information content (AvgIpc) is 2.88. The number of aliphatic hydroxyl groups is 1. The van der Waals surface area contributed by atoms with Crippen molar-refractivity contribution >= 4 is 17.3 Å². The van der Waals surface area contributed by atoms with Crippen LogP contribution in [-0.2, 0) is 11.3 Å². The third-order valence-corrected chi connectivity index (χ3v) is 4.81. The number of thiophene rings is 1. The molecule has 1 aliphatic heterocycles. The lowest BCUT2D eigenvalue weighted by Gasteiger charge is -2.39. The van der Waals surface area contributed by atoms with Crippen molar-refractivity contribution < 1.29 is 14.6 Å². The number of piperidine rings is 1. The van der Waals surface area contributed by atoms with E-state index >= 15 is 0 Å². The molecule has 1 N–H and O–H groups in total. The molecule has 2 unspecified atom stereocenters. The van der Waals surface area contributed by atoms with E-state index in [1.807, 2.05) is 11.4 Å². The second-order valence-corrected chi connectivity index (χ2v) is 5.97. The quantitative estimate of drug-likeness (QED) is 0.861. The van der Waals surface area contributed by atoms with Gasteiger partial charge in [0.25, 0.3) is 0 Å². The molecule has 106 valence electrons. The summed E-state index contributed by atoms with van der Waals surface area (Å²) in [6.07, 6.45) is 3.34. The number of rotatable bonds is 4. The Kier molecular flexibility index (Phi) is 4.96. The molecule has 5 heteroatoms. The largest absolute Gasteiger partial charge is 0.465 e. The van der Waals surface area contributed by atoms with Crippen molar-refractivity contribution in [1.29, 1.82) is 0 Å². The normalized spacial score (nSPS) is 24.4. The number of methoxy groups -OCH3 is 1. The number of aliphatic hydroxyl groups excluding tert-OH is 1. The molecule has 4 nitrogen and oxygen atoms in total. The summed E-state index contributed by atoms with van der Waals surface area (Å²) < 4.78 is 4.81. The summed E-state index contributed by atoms with van der Waals surface area (Å²) in [6.45, 7) is 3.08. The summed E-state index contributed by atoms with van der Waals surface area (Å²) in [5.74, 6) is -0.268. The van der Waals surface area contributed by atoms with Crippen LogP contribution in [0.25, 0.3) is 0 Å². The zero-order chi connectivity index (χ0) is 13.8. The predicted octanol–water partition coefficient (Wildman–Crippen LogP) is 2.27. The van der Waals surface area contributed by atoms with Crippen molar-refractivity contribution in [2.75, 3.05) is 13.7 Å². The Morgan fingerprint density at radius 2 is 2.37 bits per heavy atom. The Morgan fingerprint density at radius 1 is 1.58 bits per heavy atom. The SMILES string of the molecule is COC(=O)c1sccc1CN1C(C)CCCC1CO. The number of esters is 1. The van der Waals surface area contributed by atoms with Gasteiger partial charge in [-0.3, -0.25) is 4.90 Å². The number of hydrogen-bond donors (Lipinski definition) is 1. The van der Waals surface area contributed by atoms with Crippen molar-refractivity contribution in [2.45, 2.75) is 44.8 Å². The van der Waals surface area contributed by atoms with Gasteiger partial charge >= 0.3 is 5.97 Å². The van der Waals surface area contributed by atoms with Crippen LogP contribution in [0.2, 0.25) is 0 Å². The fourth-order valence-corrected chi connectivity index (χ4v) is 3.58. The molecule has 1 fully saturated rings. The summed E-state index contributed by atoms with van der Waals surface area (Å²) in [5.41, 5.74) is 1.00. The van der Waals surface area contributed by atoms with E-state index in [9.17, 15) is 9.90 Å². The first-order valence-electron chi connectivity index (χ1n) is 6.68. The highest BCUT2D eigenvalue weighted by Crippen LogP contribution is 2.27. The fraction of sp³-hybridized carbons (Fsp3) is 0.643. The molecular formula is C14H21NO3S. The summed E-state index contributed by atoms with van der Waals surface area (Å²) in [4.78, 5) is 14.7. The Morgan fingerprint density at radius 3 is 3.05 bits per heavy atom. The minimum absolute atomic E-state index is 0.183. The van der Waals surface area contributed by atoms with E-state index in [0.717, 1.165) is 24.8 Å². The Labute approximate surface area is 118 Å². The topological polar surface area (TPSA) is 49.8 Å². The van der Waals surface area contributed by atoms with Gasteiger partial charge in [-0.2, -0.15) is 0 Å². The number of ether oxygens (including phenoxy) is 1. The smallest absolute Gasteiger partial charge is 0.348 e. The summed E-state index contributed by atoms with van der Waals surface area (Å²) in [7, 11) is 1.41. The molecule has 2 atom stereocenters. The van der Waals surface area contributed by atoms with Gasteiger partial charge in [0.1, 0.15) is 4.88 Å². The molecule has 1 aromatic heterocycles. The van der Waals surface area contributed by atoms with Gasteiger partial charge in [0.05, 0.1) is 13.7 Å². The second-order valence-electron chi connectivity index (χ2n) is 5.06. The highest BCUT2D eigenvalue weighted by atomic mass is 32.1. The molecule has 0 aromatic carbocycles. The zero-order valence-electron chi connectivity index (χ0n) is 11.5. The van der Waals surface area contributed by atoms with E-state index < -0.39 is 0 Å². The maximum atomic E-state index is 11.7. The molecule has 0 spiro atoms. The maximum Gasteiger partial charge on any atom is 0.348 e. The van der Waals surface area contributed by atoms with Crippen LogP contribution in [0.15, 0.2) is 11.4 Å². The van der Waals surface area contributed by atoms with Gasteiger partial charge in [-0.15, -0.1) is 11.3 Å². The van der Waals surface area contributed by atoms with Crippen molar-refractivity contribution in [1.82, 2.24) is 4.90 Å². The van der Waals surface area contributed by atoms with Crippen LogP contribution >= 0.6 is 11.3 Å². The van der Waals surface area contributed by atoms with Gasteiger partial charge in [-0.1, -0.05) is 6.42 Å². The van der Waals surface area contributed by atoms with Gasteiger partial charge in [0.15, 0.2) is 0 Å². The summed E-state index contributed by atoms with van der Waals surface area (Å²) >= 11 is 1.42. The van der Waals surface area contributed by atoms with Gasteiger partial charge in [-0.25, -0.2) is 4.79 Å². The third-order valence-electron chi connectivity index (χ3n) is 3.88. The van der Waals surface area contributed by atoms with Crippen molar-refractivity contribution in [3.8, 4) is 0 Å². The lowest BCUT2D eigenvalue weighted by molar-refractivity contribution is 0.0442. The molecule has 0 amide bonds. The lowest BCUT2D eigenvalue weighted by atomic mass is 9.96. The van der Waals surface area contributed by atoms with Gasteiger partial charge in [0, 0.05) is 18.6 Å². The van der Waals surface area contributed by atoms with E-state index in [1.165, 1.54) is 18.4 Å². The highest BCUT2D eigenvalue weighted by molar-refractivity contribution is 7.12. The van der Waals surface area contributed by atoms with E-state index in [-0.39, 0.29) is 18.6 Å². The van der Waals surface area contributed by atoms with E-state index in [2.05, 4.69) is 11.8 Å². The van der Waals surface area contributed by atoms with Crippen LogP contribution in [0.1, 0.15) is 41.4 Å². The van der Waals surface area contributed by atoms with Gasteiger partial charge in [-0.05, 0) is 36.8 Å². The molecule has 0 saturated carbocycles. The third kappa shape index (κ3) is 3.16. The molecule has 0 bridgehead atoms. The van der Waals surface area contributed by atoms with Crippen LogP contribution in [0.3, 0.4) is 0 Å². The van der Waals surface area contributed by atoms with Gasteiger partial charge in [0.2, 0.25) is 0 Å². The Balaban J connectivity index is 2.15. The molecule has 2 heterocycles. The zero-order valence-corrected chi connectivity index (χ0v) is 12.3. The van der Waals surface area contributed by atoms with Crippen molar-refractivity contribution in [3.05, 3.63) is 21.9 Å². The molecule has 0 radical (unpaired) electrons. The average molecular weight is 283 g/mol. The molecule has 2 rings (SSSR count). The van der Waals surface area contributed by atoms with Gasteiger partial charge < -0.3 is 9.84 Å². The number of likely N-dealkylation sites (tertiary alicyclic amines) is 1. The van der Waals surface area contributed by atoms with E-state index in [1.54, 1.807) is 0 Å². The molecule has 1 aliphatic rings. The van der Waals surface area contributed by atoms with E-state index in [0.29, 0.717) is 17.5 Å². The monoisotopic (exact) mass is 283 g/mol. The van der Waals surface area contributed by atoms with Crippen LogP contribution in [-0.4, -0.2) is 41.8 Å². The highest BCUT2D eigenvalue weighted by Gasteiger charge is 2.28. The maximum absolute atomic E-state index is 11.7. The van der Waals surface area contributed by atoms with Crippen LogP contribution in [0.5, 0.6) is 0 Å². The molecule has 19 heavy (non-hydrogen) atoms. The predicted molar refractivity (Wildman–Crippen MR) is 75.4 cm³/mol. The molecule has 1 saturated heterocycles. The van der Waals surface area contributed by atoms with Crippen LogP contribution in [0.4, 0.5) is 0 Å². The van der Waals surface area contributed by atoms with Crippen molar-refractivity contribution in [3.63, 3.8) is 0 Å². The fourth-order valence-electron chi connectivity index (χ4n) is 2.75. The first kappa shape index (κ1) is 14.5.